The van der Waals surface area contributed by atoms with E-state index in [1.807, 2.05) is 31.2 Å². The van der Waals surface area contributed by atoms with Crippen LogP contribution in [0.1, 0.15) is 18.4 Å². The number of nitrogens with two attached hydrogens (primary N) is 1. The minimum Gasteiger partial charge on any atom is -0.399 e. The SMILES string of the molecule is C[C@H](C#N)c1cccc(N)c1. The summed E-state index contributed by atoms with van der Waals surface area (Å²) in [6.07, 6.45) is 0. The minimum absolute atomic E-state index is 0.0708. The Balaban J connectivity index is 2.98. The number of hydrogen-bond donors (Lipinski definition) is 1. The third-order valence-corrected chi connectivity index (χ3v) is 1.60. The second-order valence-electron chi connectivity index (χ2n) is 2.52. The van der Waals surface area contributed by atoms with Crippen molar-refractivity contribution >= 4 is 5.69 Å². The summed E-state index contributed by atoms with van der Waals surface area (Å²) in [4.78, 5) is 0. The topological polar surface area (TPSA) is 49.8 Å². The molecule has 0 radical (unpaired) electrons. The fraction of sp³-hybridized carbons (Fsp3) is 0.222. The van der Waals surface area contributed by atoms with Gasteiger partial charge in [0.05, 0.1) is 12.0 Å². The maximum Gasteiger partial charge on any atom is 0.0700 e. The van der Waals surface area contributed by atoms with Crippen molar-refractivity contribution in [2.75, 3.05) is 5.73 Å². The van der Waals surface area contributed by atoms with E-state index in [2.05, 4.69) is 6.07 Å². The summed E-state index contributed by atoms with van der Waals surface area (Å²) in [5, 5.41) is 8.59. The molecule has 0 unspecified atom stereocenters. The lowest BCUT2D eigenvalue weighted by molar-refractivity contribution is 0.983. The van der Waals surface area contributed by atoms with E-state index in [1.165, 1.54) is 0 Å². The fourth-order valence-electron chi connectivity index (χ4n) is 0.903. The largest absolute Gasteiger partial charge is 0.399 e. The van der Waals surface area contributed by atoms with Crippen molar-refractivity contribution in [3.8, 4) is 6.07 Å². The van der Waals surface area contributed by atoms with Crippen molar-refractivity contribution in [3.63, 3.8) is 0 Å². The molecule has 0 aliphatic rings. The van der Waals surface area contributed by atoms with Crippen molar-refractivity contribution in [1.82, 2.24) is 0 Å². The molecule has 1 rings (SSSR count). The van der Waals surface area contributed by atoms with Gasteiger partial charge in [0, 0.05) is 5.69 Å². The van der Waals surface area contributed by atoms with Crippen LogP contribution in [0.4, 0.5) is 5.69 Å². The Hall–Kier alpha value is -1.49. The van der Waals surface area contributed by atoms with Crippen LogP contribution in [-0.2, 0) is 0 Å². The Bertz CT molecular complexity index is 286. The maximum absolute atomic E-state index is 8.59. The first-order valence-corrected chi connectivity index (χ1v) is 3.49. The highest BCUT2D eigenvalue weighted by Gasteiger charge is 2.01. The quantitative estimate of drug-likeness (QED) is 0.615. The molecule has 1 aromatic rings. The van der Waals surface area contributed by atoms with Crippen LogP contribution in [0, 0.1) is 11.3 Å². The van der Waals surface area contributed by atoms with E-state index in [1.54, 1.807) is 0 Å². The molecule has 0 bridgehead atoms. The molecule has 0 aromatic heterocycles. The van der Waals surface area contributed by atoms with E-state index in [4.69, 9.17) is 11.0 Å². The summed E-state index contributed by atoms with van der Waals surface area (Å²) in [5.74, 6) is -0.0708. The van der Waals surface area contributed by atoms with Gasteiger partial charge in [0.15, 0.2) is 0 Å². The third-order valence-electron chi connectivity index (χ3n) is 1.60. The summed E-state index contributed by atoms with van der Waals surface area (Å²) >= 11 is 0. The van der Waals surface area contributed by atoms with E-state index >= 15 is 0 Å². The van der Waals surface area contributed by atoms with Gasteiger partial charge >= 0.3 is 0 Å². The van der Waals surface area contributed by atoms with Crippen LogP contribution < -0.4 is 5.73 Å². The molecule has 56 valence electrons. The molecule has 1 atom stereocenters. The summed E-state index contributed by atoms with van der Waals surface area (Å²) in [6, 6.07) is 9.56. The molecule has 0 saturated heterocycles. The van der Waals surface area contributed by atoms with Gasteiger partial charge in [0.2, 0.25) is 0 Å². The Morgan fingerprint density at radius 3 is 2.82 bits per heavy atom. The standard InChI is InChI=1S/C9H10N2/c1-7(6-10)8-3-2-4-9(11)5-8/h2-5,7H,11H2,1H3/t7-/m1/s1. The lowest BCUT2D eigenvalue weighted by Crippen LogP contribution is -1.91. The van der Waals surface area contributed by atoms with Crippen molar-refractivity contribution in [2.24, 2.45) is 0 Å². The Labute approximate surface area is 66.3 Å². The number of nitriles is 1. The van der Waals surface area contributed by atoms with Gasteiger partial charge in [0.25, 0.3) is 0 Å². The number of rotatable bonds is 1. The van der Waals surface area contributed by atoms with Crippen LogP contribution >= 0.6 is 0 Å². The molecule has 0 amide bonds. The van der Waals surface area contributed by atoms with E-state index < -0.39 is 0 Å². The first-order valence-electron chi connectivity index (χ1n) is 3.49. The monoisotopic (exact) mass is 146 g/mol. The summed E-state index contributed by atoms with van der Waals surface area (Å²) < 4.78 is 0. The first-order chi connectivity index (χ1) is 5.24. The smallest absolute Gasteiger partial charge is 0.0700 e. The second kappa shape index (κ2) is 3.07. The Morgan fingerprint density at radius 1 is 1.55 bits per heavy atom. The van der Waals surface area contributed by atoms with Crippen LogP contribution in [0.15, 0.2) is 24.3 Å². The maximum atomic E-state index is 8.59. The minimum atomic E-state index is -0.0708. The highest BCUT2D eigenvalue weighted by atomic mass is 14.5. The number of nitrogen functional groups attached to an aromatic ring is 1. The van der Waals surface area contributed by atoms with Gasteiger partial charge in [-0.05, 0) is 24.6 Å². The zero-order valence-corrected chi connectivity index (χ0v) is 6.41. The van der Waals surface area contributed by atoms with Crippen LogP contribution in [0.2, 0.25) is 0 Å². The molecule has 0 aliphatic carbocycles. The normalized spacial score (nSPS) is 12.0. The van der Waals surface area contributed by atoms with Crippen LogP contribution in [0.3, 0.4) is 0 Å². The van der Waals surface area contributed by atoms with Crippen LogP contribution in [0.25, 0.3) is 0 Å². The molecule has 2 nitrogen and oxygen atoms in total. The average molecular weight is 146 g/mol. The van der Waals surface area contributed by atoms with Gasteiger partial charge in [-0.25, -0.2) is 0 Å². The predicted molar refractivity (Wildman–Crippen MR) is 44.9 cm³/mol. The Morgan fingerprint density at radius 2 is 2.27 bits per heavy atom. The van der Waals surface area contributed by atoms with Crippen molar-refractivity contribution in [2.45, 2.75) is 12.8 Å². The summed E-state index contributed by atoms with van der Waals surface area (Å²) in [5.41, 5.74) is 7.23. The molecule has 0 heterocycles. The number of anilines is 1. The summed E-state index contributed by atoms with van der Waals surface area (Å²) in [6.45, 7) is 1.86. The molecule has 2 heteroatoms. The molecule has 0 fully saturated rings. The average Bonchev–Trinajstić information content (AvgIpc) is 2.03. The number of benzene rings is 1. The Kier molecular flexibility index (Phi) is 2.12. The lowest BCUT2D eigenvalue weighted by atomic mass is 10.0. The molecular formula is C9H10N2. The van der Waals surface area contributed by atoms with Crippen LogP contribution in [-0.4, -0.2) is 0 Å². The van der Waals surface area contributed by atoms with Gasteiger partial charge in [-0.3, -0.25) is 0 Å². The molecular weight excluding hydrogens is 136 g/mol. The zero-order chi connectivity index (χ0) is 8.27. The van der Waals surface area contributed by atoms with E-state index in [0.717, 1.165) is 5.56 Å². The van der Waals surface area contributed by atoms with E-state index in [0.29, 0.717) is 5.69 Å². The molecule has 11 heavy (non-hydrogen) atoms. The number of nitrogens with zero attached hydrogens (tertiary/aromatic N) is 1. The van der Waals surface area contributed by atoms with Crippen molar-refractivity contribution in [1.29, 1.82) is 5.26 Å². The highest BCUT2D eigenvalue weighted by Crippen LogP contribution is 2.15. The van der Waals surface area contributed by atoms with Crippen LogP contribution in [0.5, 0.6) is 0 Å². The van der Waals surface area contributed by atoms with Gasteiger partial charge in [-0.15, -0.1) is 0 Å². The van der Waals surface area contributed by atoms with E-state index in [9.17, 15) is 0 Å². The molecule has 1 aromatic carbocycles. The number of hydrogen-bond acceptors (Lipinski definition) is 2. The van der Waals surface area contributed by atoms with Gasteiger partial charge in [0.1, 0.15) is 0 Å². The molecule has 0 spiro atoms. The first kappa shape index (κ1) is 7.62. The molecule has 2 N–H and O–H groups in total. The highest BCUT2D eigenvalue weighted by molar-refractivity contribution is 5.42. The summed E-state index contributed by atoms with van der Waals surface area (Å²) in [7, 11) is 0. The van der Waals surface area contributed by atoms with Crippen molar-refractivity contribution in [3.05, 3.63) is 29.8 Å². The lowest BCUT2D eigenvalue weighted by Gasteiger charge is -2.02. The third kappa shape index (κ3) is 1.71. The fourth-order valence-corrected chi connectivity index (χ4v) is 0.903. The van der Waals surface area contributed by atoms with Gasteiger partial charge in [-0.1, -0.05) is 12.1 Å². The predicted octanol–water partition coefficient (Wildman–Crippen LogP) is 1.90. The molecule has 0 aliphatic heterocycles. The van der Waals surface area contributed by atoms with Gasteiger partial charge < -0.3 is 5.73 Å². The van der Waals surface area contributed by atoms with Gasteiger partial charge in [-0.2, -0.15) is 5.26 Å². The second-order valence-corrected chi connectivity index (χ2v) is 2.52. The van der Waals surface area contributed by atoms with E-state index in [-0.39, 0.29) is 5.92 Å². The zero-order valence-electron chi connectivity index (χ0n) is 6.41. The molecule has 0 saturated carbocycles. The van der Waals surface area contributed by atoms with Crippen molar-refractivity contribution < 1.29 is 0 Å².